The molecule has 84 valence electrons. The van der Waals surface area contributed by atoms with Gasteiger partial charge in [0.1, 0.15) is 0 Å². The smallest absolute Gasteiger partial charge is 0.230 e. The highest BCUT2D eigenvalue weighted by Gasteiger charge is 2.05. The highest BCUT2D eigenvalue weighted by atomic mass is 16.4. The van der Waals surface area contributed by atoms with Crippen LogP contribution in [0, 0.1) is 6.92 Å². The molecule has 0 amide bonds. The molecular formula is C12H15N3O. The molecule has 0 atom stereocenters. The predicted molar refractivity (Wildman–Crippen MR) is 61.0 cm³/mol. The van der Waals surface area contributed by atoms with E-state index in [0.717, 1.165) is 0 Å². The minimum atomic E-state index is 0.612. The Bertz CT molecular complexity index is 465. The van der Waals surface area contributed by atoms with Crippen LogP contribution >= 0.6 is 0 Å². The van der Waals surface area contributed by atoms with Crippen LogP contribution in [-0.4, -0.2) is 17.2 Å². The number of aryl methyl sites for hydroxylation is 1. The molecule has 16 heavy (non-hydrogen) atoms. The zero-order chi connectivity index (χ0) is 11.4. The molecule has 0 unspecified atom stereocenters. The largest absolute Gasteiger partial charge is 0.424 e. The number of nitrogens with one attached hydrogen (secondary N) is 1. The molecule has 0 fully saturated rings. The summed E-state index contributed by atoms with van der Waals surface area (Å²) in [6.07, 6.45) is 0.693. The highest BCUT2D eigenvalue weighted by Crippen LogP contribution is 2.10. The van der Waals surface area contributed by atoms with Crippen LogP contribution in [0.25, 0.3) is 0 Å². The summed E-state index contributed by atoms with van der Waals surface area (Å²) in [5.41, 5.74) is 2.44. The summed E-state index contributed by atoms with van der Waals surface area (Å²) < 4.78 is 5.48. The molecule has 0 aliphatic heterocycles. The third-order valence-electron chi connectivity index (χ3n) is 2.27. The van der Waals surface area contributed by atoms with Gasteiger partial charge in [0.25, 0.3) is 0 Å². The fraction of sp³-hybridized carbons (Fsp3) is 0.333. The Morgan fingerprint density at radius 3 is 2.81 bits per heavy atom. The zero-order valence-electron chi connectivity index (χ0n) is 9.53. The van der Waals surface area contributed by atoms with Crippen molar-refractivity contribution in [1.29, 1.82) is 0 Å². The maximum Gasteiger partial charge on any atom is 0.230 e. The lowest BCUT2D eigenvalue weighted by Gasteiger charge is -1.98. The van der Waals surface area contributed by atoms with Gasteiger partial charge in [-0.3, -0.25) is 0 Å². The zero-order valence-corrected chi connectivity index (χ0v) is 9.53. The Hall–Kier alpha value is -1.68. The van der Waals surface area contributed by atoms with Gasteiger partial charge in [-0.05, 0) is 19.5 Å². The molecule has 1 N–H and O–H groups in total. The molecule has 0 aliphatic carbocycles. The minimum Gasteiger partial charge on any atom is -0.424 e. The highest BCUT2D eigenvalue weighted by molar-refractivity contribution is 5.24. The van der Waals surface area contributed by atoms with Crippen LogP contribution in [0.5, 0.6) is 0 Å². The average Bonchev–Trinajstić information content (AvgIpc) is 2.66. The van der Waals surface area contributed by atoms with Crippen molar-refractivity contribution in [3.05, 3.63) is 47.2 Å². The monoisotopic (exact) mass is 217 g/mol. The molecule has 0 saturated carbocycles. The molecule has 0 spiro atoms. The number of benzene rings is 1. The first-order valence-electron chi connectivity index (χ1n) is 5.29. The van der Waals surface area contributed by atoms with Crippen molar-refractivity contribution in [1.82, 2.24) is 15.5 Å². The Labute approximate surface area is 94.7 Å². The van der Waals surface area contributed by atoms with Crippen molar-refractivity contribution in [2.75, 3.05) is 7.05 Å². The van der Waals surface area contributed by atoms with E-state index in [-0.39, 0.29) is 0 Å². The van der Waals surface area contributed by atoms with E-state index in [4.69, 9.17) is 4.42 Å². The Kier molecular flexibility index (Phi) is 3.31. The lowest BCUT2D eigenvalue weighted by molar-refractivity contribution is 0.447. The Balaban J connectivity index is 2.08. The van der Waals surface area contributed by atoms with Crippen LogP contribution in [0.3, 0.4) is 0 Å². The molecule has 1 aromatic heterocycles. The first-order chi connectivity index (χ1) is 7.78. The third kappa shape index (κ3) is 2.67. The number of hydrogen-bond acceptors (Lipinski definition) is 4. The fourth-order valence-corrected chi connectivity index (χ4v) is 1.58. The fourth-order valence-electron chi connectivity index (χ4n) is 1.58. The summed E-state index contributed by atoms with van der Waals surface area (Å²) >= 11 is 0. The molecule has 0 saturated heterocycles. The third-order valence-corrected chi connectivity index (χ3v) is 2.27. The van der Waals surface area contributed by atoms with Gasteiger partial charge in [-0.2, -0.15) is 0 Å². The lowest BCUT2D eigenvalue weighted by atomic mass is 10.1. The van der Waals surface area contributed by atoms with Crippen LogP contribution < -0.4 is 5.32 Å². The molecular weight excluding hydrogens is 202 g/mol. The molecule has 4 heteroatoms. The molecule has 1 heterocycles. The van der Waals surface area contributed by atoms with E-state index in [1.807, 2.05) is 13.1 Å². The summed E-state index contributed by atoms with van der Waals surface area (Å²) in [5.74, 6) is 1.29. The van der Waals surface area contributed by atoms with E-state index in [1.54, 1.807) is 0 Å². The number of nitrogens with zero attached hydrogens (tertiary/aromatic N) is 2. The summed E-state index contributed by atoms with van der Waals surface area (Å²) in [6.45, 7) is 2.69. The Morgan fingerprint density at radius 2 is 2.06 bits per heavy atom. The quantitative estimate of drug-likeness (QED) is 0.846. The van der Waals surface area contributed by atoms with Gasteiger partial charge in [0.05, 0.1) is 13.0 Å². The first kappa shape index (κ1) is 10.8. The predicted octanol–water partition coefficient (Wildman–Crippen LogP) is 1.69. The summed E-state index contributed by atoms with van der Waals surface area (Å²) in [5, 5.41) is 10.9. The van der Waals surface area contributed by atoms with Gasteiger partial charge in [-0.25, -0.2) is 0 Å². The maximum absolute atomic E-state index is 5.48. The average molecular weight is 217 g/mol. The molecule has 0 aliphatic rings. The van der Waals surface area contributed by atoms with Gasteiger partial charge in [0.2, 0.25) is 11.8 Å². The van der Waals surface area contributed by atoms with Crippen molar-refractivity contribution in [3.8, 4) is 0 Å². The van der Waals surface area contributed by atoms with E-state index >= 15 is 0 Å². The van der Waals surface area contributed by atoms with Crippen molar-refractivity contribution in [2.24, 2.45) is 0 Å². The number of hydrogen-bond donors (Lipinski definition) is 1. The van der Waals surface area contributed by atoms with Crippen molar-refractivity contribution in [2.45, 2.75) is 19.9 Å². The van der Waals surface area contributed by atoms with E-state index in [0.29, 0.717) is 24.7 Å². The van der Waals surface area contributed by atoms with Crippen LogP contribution in [0.1, 0.15) is 22.9 Å². The van der Waals surface area contributed by atoms with E-state index in [2.05, 4.69) is 40.6 Å². The molecule has 2 aromatic rings. The van der Waals surface area contributed by atoms with Gasteiger partial charge in [-0.1, -0.05) is 29.8 Å². The second kappa shape index (κ2) is 4.90. The number of aromatic nitrogens is 2. The van der Waals surface area contributed by atoms with Crippen LogP contribution in [0.4, 0.5) is 0 Å². The second-order valence-electron chi connectivity index (χ2n) is 3.79. The lowest BCUT2D eigenvalue weighted by Crippen LogP contribution is -2.04. The van der Waals surface area contributed by atoms with E-state index in [9.17, 15) is 0 Å². The molecule has 4 nitrogen and oxygen atoms in total. The van der Waals surface area contributed by atoms with Crippen LogP contribution in [0.15, 0.2) is 28.7 Å². The van der Waals surface area contributed by atoms with Gasteiger partial charge >= 0.3 is 0 Å². The second-order valence-corrected chi connectivity index (χ2v) is 3.79. The summed E-state index contributed by atoms with van der Waals surface area (Å²) in [7, 11) is 1.85. The van der Waals surface area contributed by atoms with Gasteiger partial charge in [0.15, 0.2) is 0 Å². The SMILES string of the molecule is CNCc1nnc(Cc2cccc(C)c2)o1. The van der Waals surface area contributed by atoms with E-state index < -0.39 is 0 Å². The summed E-state index contributed by atoms with van der Waals surface area (Å²) in [4.78, 5) is 0. The molecule has 2 rings (SSSR count). The normalized spacial score (nSPS) is 10.6. The Morgan fingerprint density at radius 1 is 1.25 bits per heavy atom. The van der Waals surface area contributed by atoms with E-state index in [1.165, 1.54) is 11.1 Å². The maximum atomic E-state index is 5.48. The topological polar surface area (TPSA) is 51.0 Å². The standard InChI is InChI=1S/C12H15N3O/c1-9-4-3-5-10(6-9)7-11-14-15-12(16-11)8-13-2/h3-6,13H,7-8H2,1-2H3. The minimum absolute atomic E-state index is 0.612. The summed E-state index contributed by atoms with van der Waals surface area (Å²) in [6, 6.07) is 8.30. The van der Waals surface area contributed by atoms with Crippen LogP contribution in [0.2, 0.25) is 0 Å². The molecule has 0 radical (unpaired) electrons. The first-order valence-corrected chi connectivity index (χ1v) is 5.29. The van der Waals surface area contributed by atoms with Crippen molar-refractivity contribution in [3.63, 3.8) is 0 Å². The molecule has 0 bridgehead atoms. The van der Waals surface area contributed by atoms with Crippen LogP contribution in [-0.2, 0) is 13.0 Å². The van der Waals surface area contributed by atoms with Gasteiger partial charge in [0, 0.05) is 0 Å². The molecule has 1 aromatic carbocycles. The van der Waals surface area contributed by atoms with Gasteiger partial charge in [-0.15, -0.1) is 10.2 Å². The van der Waals surface area contributed by atoms with Gasteiger partial charge < -0.3 is 9.73 Å². The van der Waals surface area contributed by atoms with Crippen molar-refractivity contribution < 1.29 is 4.42 Å². The van der Waals surface area contributed by atoms with Crippen molar-refractivity contribution >= 4 is 0 Å². The number of rotatable bonds is 4.